The van der Waals surface area contributed by atoms with E-state index < -0.39 is 10.0 Å². The summed E-state index contributed by atoms with van der Waals surface area (Å²) < 4.78 is 40.9. The molecule has 3 aromatic carbocycles. The van der Waals surface area contributed by atoms with Gasteiger partial charge in [-0.2, -0.15) is 11.8 Å². The topological polar surface area (TPSA) is 66.5 Å². The molecule has 0 aliphatic carbocycles. The second-order valence-electron chi connectivity index (χ2n) is 8.00. The number of thioether (sulfide) groups is 1. The fraction of sp³-hybridized carbons (Fsp3) is 0.269. The van der Waals surface area contributed by atoms with Crippen LogP contribution in [-0.2, 0) is 20.6 Å². The fourth-order valence-corrected chi connectivity index (χ4v) is 5.89. The molecule has 0 heterocycles. The van der Waals surface area contributed by atoms with Gasteiger partial charge in [0.2, 0.25) is 5.91 Å². The lowest BCUT2D eigenvalue weighted by molar-refractivity contribution is -0.119. The van der Waals surface area contributed by atoms with E-state index in [-0.39, 0.29) is 23.2 Å². The third-order valence-corrected chi connectivity index (χ3v) is 8.10. The van der Waals surface area contributed by atoms with Crippen molar-refractivity contribution < 1.29 is 17.6 Å². The first kappa shape index (κ1) is 25.8. The average Bonchev–Trinajstić information content (AvgIpc) is 2.82. The van der Waals surface area contributed by atoms with Gasteiger partial charge in [-0.15, -0.1) is 0 Å². The van der Waals surface area contributed by atoms with Crippen LogP contribution in [0, 0.1) is 19.7 Å². The number of sulfonamides is 1. The number of rotatable bonds is 11. The molecule has 180 valence electrons. The van der Waals surface area contributed by atoms with Gasteiger partial charge in [0.05, 0.1) is 10.6 Å². The van der Waals surface area contributed by atoms with Crippen molar-refractivity contribution >= 4 is 33.4 Å². The van der Waals surface area contributed by atoms with Crippen LogP contribution < -0.4 is 9.62 Å². The molecular weight excluding hydrogens is 471 g/mol. The Balaban J connectivity index is 1.60. The second-order valence-corrected chi connectivity index (χ2v) is 11.0. The van der Waals surface area contributed by atoms with E-state index in [1.165, 1.54) is 28.6 Å². The van der Waals surface area contributed by atoms with Crippen molar-refractivity contribution in [2.45, 2.75) is 30.9 Å². The van der Waals surface area contributed by atoms with Crippen LogP contribution in [0.25, 0.3) is 0 Å². The zero-order valence-corrected chi connectivity index (χ0v) is 21.0. The molecule has 8 heteroatoms. The molecule has 0 saturated carbocycles. The first-order chi connectivity index (χ1) is 16.3. The number of nitrogens with zero attached hydrogens (tertiary/aromatic N) is 1. The monoisotopic (exact) mass is 500 g/mol. The van der Waals surface area contributed by atoms with Crippen LogP contribution in [0.15, 0.2) is 77.7 Å². The number of carbonyl (C=O) groups excluding carboxylic acids is 1. The van der Waals surface area contributed by atoms with Crippen LogP contribution in [0.2, 0.25) is 0 Å². The molecular formula is C26H29FN2O3S2. The molecule has 0 unspecified atom stereocenters. The smallest absolute Gasteiger partial charge is 0.264 e. The van der Waals surface area contributed by atoms with Gasteiger partial charge < -0.3 is 5.32 Å². The van der Waals surface area contributed by atoms with Gasteiger partial charge in [-0.1, -0.05) is 48.0 Å². The second kappa shape index (κ2) is 12.0. The Labute approximate surface area is 205 Å². The van der Waals surface area contributed by atoms with Crippen molar-refractivity contribution in [3.05, 3.63) is 95.3 Å². The maximum Gasteiger partial charge on any atom is 0.264 e. The molecule has 34 heavy (non-hydrogen) atoms. The van der Waals surface area contributed by atoms with E-state index in [0.717, 1.165) is 34.6 Å². The molecule has 0 radical (unpaired) electrons. The lowest BCUT2D eigenvalue weighted by Crippen LogP contribution is -2.41. The van der Waals surface area contributed by atoms with Crippen LogP contribution in [0.1, 0.15) is 23.1 Å². The maximum absolute atomic E-state index is 13.4. The van der Waals surface area contributed by atoms with Gasteiger partial charge in [0.15, 0.2) is 0 Å². The summed E-state index contributed by atoms with van der Waals surface area (Å²) in [7, 11) is -3.92. The molecule has 5 nitrogen and oxygen atoms in total. The van der Waals surface area contributed by atoms with Crippen LogP contribution in [0.4, 0.5) is 10.1 Å². The van der Waals surface area contributed by atoms with Gasteiger partial charge in [0, 0.05) is 12.3 Å². The number of amides is 1. The minimum absolute atomic E-state index is 0.139. The molecule has 3 rings (SSSR count). The molecule has 0 atom stereocenters. The lowest BCUT2D eigenvalue weighted by atomic mass is 10.1. The first-order valence-corrected chi connectivity index (χ1v) is 13.6. The van der Waals surface area contributed by atoms with Crippen LogP contribution >= 0.6 is 11.8 Å². The summed E-state index contributed by atoms with van der Waals surface area (Å²) in [5.74, 6) is 0.980. The summed E-state index contributed by atoms with van der Waals surface area (Å²) in [5, 5.41) is 2.84. The normalized spacial score (nSPS) is 11.3. The number of hydrogen-bond acceptors (Lipinski definition) is 4. The summed E-state index contributed by atoms with van der Waals surface area (Å²) in [6.45, 7) is 3.92. The maximum atomic E-state index is 13.4. The molecule has 0 saturated heterocycles. The molecule has 1 N–H and O–H groups in total. The number of halogens is 1. The Morgan fingerprint density at radius 2 is 1.71 bits per heavy atom. The van der Waals surface area contributed by atoms with Gasteiger partial charge in [-0.25, -0.2) is 12.8 Å². The highest BCUT2D eigenvalue weighted by Gasteiger charge is 2.28. The van der Waals surface area contributed by atoms with Crippen LogP contribution in [0.5, 0.6) is 0 Å². The van der Waals surface area contributed by atoms with Crippen molar-refractivity contribution in [2.24, 2.45) is 0 Å². The number of aryl methyl sites for hydroxylation is 2. The highest BCUT2D eigenvalue weighted by molar-refractivity contribution is 7.98. The summed E-state index contributed by atoms with van der Waals surface area (Å²) in [6.07, 6.45) is 0.743. The number of nitrogens with one attached hydrogen (secondary N) is 1. The van der Waals surface area contributed by atoms with Crippen LogP contribution in [-0.4, -0.2) is 33.2 Å². The summed E-state index contributed by atoms with van der Waals surface area (Å²) in [4.78, 5) is 12.8. The van der Waals surface area contributed by atoms with E-state index in [9.17, 15) is 17.6 Å². The Morgan fingerprint density at radius 1 is 1.00 bits per heavy atom. The lowest BCUT2D eigenvalue weighted by Gasteiger charge is -2.26. The van der Waals surface area contributed by atoms with Gasteiger partial charge >= 0.3 is 0 Å². The average molecular weight is 501 g/mol. The Hall–Kier alpha value is -2.84. The zero-order valence-electron chi connectivity index (χ0n) is 19.3. The van der Waals surface area contributed by atoms with Crippen molar-refractivity contribution in [1.29, 1.82) is 0 Å². The molecule has 0 aliphatic rings. The summed E-state index contributed by atoms with van der Waals surface area (Å²) >= 11 is 1.70. The Bertz CT molecular complexity index is 1200. The predicted octanol–water partition coefficient (Wildman–Crippen LogP) is 5.08. The van der Waals surface area contributed by atoms with E-state index in [1.807, 2.05) is 26.0 Å². The number of hydrogen-bond donors (Lipinski definition) is 1. The number of carbonyl (C=O) groups is 1. The van der Waals surface area contributed by atoms with Crippen molar-refractivity contribution in [3.8, 4) is 0 Å². The van der Waals surface area contributed by atoms with E-state index in [2.05, 4.69) is 5.32 Å². The quantitative estimate of drug-likeness (QED) is 0.373. The highest BCUT2D eigenvalue weighted by atomic mass is 32.2. The SMILES string of the molecule is Cc1ccc(N(CC(=O)NCCCSCc2ccc(F)cc2)S(=O)(=O)c2ccccc2)c(C)c1. The first-order valence-electron chi connectivity index (χ1n) is 11.0. The fourth-order valence-electron chi connectivity index (χ4n) is 3.46. The van der Waals surface area contributed by atoms with Gasteiger partial charge in [0.1, 0.15) is 12.4 Å². The van der Waals surface area contributed by atoms with E-state index in [1.54, 1.807) is 48.2 Å². The molecule has 0 aromatic heterocycles. The Morgan fingerprint density at radius 3 is 2.38 bits per heavy atom. The third-order valence-electron chi connectivity index (χ3n) is 5.21. The molecule has 3 aromatic rings. The van der Waals surface area contributed by atoms with E-state index in [0.29, 0.717) is 12.2 Å². The summed E-state index contributed by atoms with van der Waals surface area (Å²) in [6, 6.07) is 20.0. The molecule has 0 bridgehead atoms. The van der Waals surface area contributed by atoms with Gasteiger partial charge in [-0.05, 0) is 67.5 Å². The molecule has 1 amide bonds. The standard InChI is InChI=1S/C26H29FN2O3S2/c1-20-9-14-25(21(2)17-20)29(34(31,32)24-7-4-3-5-8-24)18-26(30)28-15-6-16-33-19-22-10-12-23(27)13-11-22/h3-5,7-14,17H,6,15-16,18-19H2,1-2H3,(H,28,30). The van der Waals surface area contributed by atoms with E-state index in [4.69, 9.17) is 0 Å². The molecule has 0 spiro atoms. The van der Waals surface area contributed by atoms with Crippen LogP contribution in [0.3, 0.4) is 0 Å². The largest absolute Gasteiger partial charge is 0.354 e. The number of anilines is 1. The minimum atomic E-state index is -3.92. The highest BCUT2D eigenvalue weighted by Crippen LogP contribution is 2.27. The number of benzene rings is 3. The predicted molar refractivity (Wildman–Crippen MR) is 137 cm³/mol. The molecule has 0 fully saturated rings. The minimum Gasteiger partial charge on any atom is -0.354 e. The van der Waals surface area contributed by atoms with Gasteiger partial charge in [-0.3, -0.25) is 9.10 Å². The van der Waals surface area contributed by atoms with Crippen molar-refractivity contribution in [3.63, 3.8) is 0 Å². The van der Waals surface area contributed by atoms with Crippen molar-refractivity contribution in [1.82, 2.24) is 5.32 Å². The van der Waals surface area contributed by atoms with Crippen molar-refractivity contribution in [2.75, 3.05) is 23.1 Å². The third kappa shape index (κ3) is 7.08. The summed E-state index contributed by atoms with van der Waals surface area (Å²) in [5.41, 5.74) is 3.33. The Kier molecular flexibility index (Phi) is 9.12. The molecule has 0 aliphatic heterocycles. The zero-order chi connectivity index (χ0) is 24.6. The van der Waals surface area contributed by atoms with E-state index >= 15 is 0 Å². The van der Waals surface area contributed by atoms with Gasteiger partial charge in [0.25, 0.3) is 10.0 Å².